The third-order valence-corrected chi connectivity index (χ3v) is 5.94. The molecule has 0 aromatic carbocycles. The summed E-state index contributed by atoms with van der Waals surface area (Å²) in [4.78, 5) is 18.7. The molecule has 0 unspecified atom stereocenters. The highest BCUT2D eigenvalue weighted by molar-refractivity contribution is 7.18. The van der Waals surface area contributed by atoms with Gasteiger partial charge in [0.25, 0.3) is 5.91 Å². The molecule has 3 aromatic heterocycles. The number of amides is 1. The van der Waals surface area contributed by atoms with Gasteiger partial charge < -0.3 is 16.4 Å². The van der Waals surface area contributed by atoms with Gasteiger partial charge in [0.15, 0.2) is 5.82 Å². The molecule has 0 saturated heterocycles. The average Bonchev–Trinajstić information content (AvgIpc) is 3.36. The van der Waals surface area contributed by atoms with Crippen molar-refractivity contribution in [3.63, 3.8) is 0 Å². The van der Waals surface area contributed by atoms with Crippen LogP contribution in [-0.4, -0.2) is 38.0 Å². The lowest BCUT2D eigenvalue weighted by Gasteiger charge is -2.31. The number of aromatic nitrogens is 4. The summed E-state index contributed by atoms with van der Waals surface area (Å²) in [6.45, 7) is 0. The molecule has 0 radical (unpaired) electrons. The van der Waals surface area contributed by atoms with Crippen molar-refractivity contribution in [3.05, 3.63) is 46.0 Å². The number of thiophene rings is 1. The van der Waals surface area contributed by atoms with Crippen LogP contribution in [0.25, 0.3) is 5.82 Å². The molecule has 1 aliphatic rings. The van der Waals surface area contributed by atoms with Gasteiger partial charge in [-0.3, -0.25) is 4.79 Å². The lowest BCUT2D eigenvalue weighted by molar-refractivity contribution is 0.0930. The first-order valence-electron chi connectivity index (χ1n) is 9.03. The number of halogens is 1. The smallest absolute Gasteiger partial charge is 0.261 e. The number of nitrogen functional groups attached to an aromatic ring is 1. The van der Waals surface area contributed by atoms with E-state index in [9.17, 15) is 4.79 Å². The first kappa shape index (κ1) is 18.7. The number of pyridine rings is 1. The number of anilines is 2. The van der Waals surface area contributed by atoms with Crippen molar-refractivity contribution in [1.29, 1.82) is 0 Å². The summed E-state index contributed by atoms with van der Waals surface area (Å²) in [6.07, 6.45) is 8.60. The number of hydrogen-bond acceptors (Lipinski definition) is 7. The summed E-state index contributed by atoms with van der Waals surface area (Å²) in [5.41, 5.74) is 7.46. The summed E-state index contributed by atoms with van der Waals surface area (Å²) >= 11 is 7.22. The second-order valence-corrected chi connectivity index (χ2v) is 8.45. The van der Waals surface area contributed by atoms with Gasteiger partial charge in [-0.15, -0.1) is 16.1 Å². The molecule has 1 fully saturated rings. The van der Waals surface area contributed by atoms with Crippen LogP contribution in [0.3, 0.4) is 0 Å². The fraction of sp³-hybridized carbons (Fsp3) is 0.333. The van der Waals surface area contributed by atoms with E-state index in [-0.39, 0.29) is 18.0 Å². The molecule has 10 heteroatoms. The Morgan fingerprint density at radius 2 is 2.04 bits per heavy atom. The number of carbonyl (C=O) groups is 1. The number of nitrogens with two attached hydrogens (primary N) is 1. The minimum absolute atomic E-state index is 0.0713. The molecular formula is C18H20ClN7OS. The van der Waals surface area contributed by atoms with Crippen molar-refractivity contribution in [3.8, 4) is 5.82 Å². The standard InChI is InChI=1S/C18H20ClN7OS/c19-16-5-4-15(28-16)18(27)25-12-3-1-2-11(8-12)24-14-9-17(21-10-13(14)20)26-22-6-7-23-26/h4-7,9-12H,1-3,8,20H2,(H,21,24)(H,25,27)/t11-,12+/m1/s1. The molecule has 8 nitrogen and oxygen atoms in total. The largest absolute Gasteiger partial charge is 0.396 e. The van der Waals surface area contributed by atoms with E-state index < -0.39 is 0 Å². The van der Waals surface area contributed by atoms with Crippen molar-refractivity contribution in [1.82, 2.24) is 25.3 Å². The van der Waals surface area contributed by atoms with E-state index >= 15 is 0 Å². The quantitative estimate of drug-likeness (QED) is 0.588. The van der Waals surface area contributed by atoms with Crippen LogP contribution in [0.1, 0.15) is 35.4 Å². The molecule has 1 amide bonds. The van der Waals surface area contributed by atoms with Crippen molar-refractivity contribution in [2.24, 2.45) is 0 Å². The normalized spacial score (nSPS) is 19.3. The van der Waals surface area contributed by atoms with Crippen LogP contribution >= 0.6 is 22.9 Å². The molecule has 4 rings (SSSR count). The van der Waals surface area contributed by atoms with Gasteiger partial charge in [-0.05, 0) is 37.8 Å². The Labute approximate surface area is 171 Å². The molecule has 4 N–H and O–H groups in total. The van der Waals surface area contributed by atoms with Crippen molar-refractivity contribution in [2.75, 3.05) is 11.1 Å². The molecule has 28 heavy (non-hydrogen) atoms. The van der Waals surface area contributed by atoms with Crippen molar-refractivity contribution >= 4 is 40.2 Å². The molecule has 146 valence electrons. The van der Waals surface area contributed by atoms with Crippen molar-refractivity contribution in [2.45, 2.75) is 37.8 Å². The highest BCUT2D eigenvalue weighted by Crippen LogP contribution is 2.27. The topological polar surface area (TPSA) is 111 Å². The Bertz CT molecular complexity index is 959. The second kappa shape index (κ2) is 8.15. The number of nitrogens with one attached hydrogen (secondary N) is 2. The number of rotatable bonds is 5. The van der Waals surface area contributed by atoms with E-state index in [1.807, 2.05) is 6.07 Å². The highest BCUT2D eigenvalue weighted by Gasteiger charge is 2.24. The number of carbonyl (C=O) groups excluding carboxylic acids is 1. The van der Waals surface area contributed by atoms with Gasteiger partial charge in [0.2, 0.25) is 0 Å². The third kappa shape index (κ3) is 4.26. The lowest BCUT2D eigenvalue weighted by Crippen LogP contribution is -2.41. The first-order chi connectivity index (χ1) is 13.6. The summed E-state index contributed by atoms with van der Waals surface area (Å²) in [6, 6.07) is 5.64. The van der Waals surface area contributed by atoms with E-state index in [4.69, 9.17) is 17.3 Å². The number of hydrogen-bond donors (Lipinski definition) is 3. The maximum atomic E-state index is 12.4. The highest BCUT2D eigenvalue weighted by atomic mass is 35.5. The van der Waals surface area contributed by atoms with Crippen LogP contribution in [0, 0.1) is 0 Å². The summed E-state index contributed by atoms with van der Waals surface area (Å²) in [5, 5.41) is 14.8. The van der Waals surface area contributed by atoms with Gasteiger partial charge in [-0.25, -0.2) is 4.98 Å². The monoisotopic (exact) mass is 417 g/mol. The molecule has 0 spiro atoms. The fourth-order valence-electron chi connectivity index (χ4n) is 3.39. The zero-order valence-corrected chi connectivity index (χ0v) is 16.6. The molecular weight excluding hydrogens is 398 g/mol. The second-order valence-electron chi connectivity index (χ2n) is 6.73. The molecule has 0 bridgehead atoms. The van der Waals surface area contributed by atoms with Gasteiger partial charge in [0.05, 0.1) is 39.2 Å². The molecule has 2 atom stereocenters. The third-order valence-electron chi connectivity index (χ3n) is 4.71. The zero-order valence-electron chi connectivity index (χ0n) is 15.0. The van der Waals surface area contributed by atoms with Crippen LogP contribution in [0.5, 0.6) is 0 Å². The van der Waals surface area contributed by atoms with Gasteiger partial charge >= 0.3 is 0 Å². The molecule has 3 heterocycles. The Kier molecular flexibility index (Phi) is 5.45. The molecule has 3 aromatic rings. The number of nitrogens with zero attached hydrogens (tertiary/aromatic N) is 4. The van der Waals surface area contributed by atoms with Crippen LogP contribution in [0.4, 0.5) is 11.4 Å². The molecule has 1 saturated carbocycles. The lowest BCUT2D eigenvalue weighted by atomic mass is 9.90. The Morgan fingerprint density at radius 3 is 2.79 bits per heavy atom. The summed E-state index contributed by atoms with van der Waals surface area (Å²) < 4.78 is 0.615. The minimum atomic E-state index is -0.0713. The molecule has 0 aliphatic heterocycles. The van der Waals surface area contributed by atoms with E-state index in [2.05, 4.69) is 25.8 Å². The Hall–Kier alpha value is -2.65. The van der Waals surface area contributed by atoms with Gasteiger partial charge in [0.1, 0.15) is 0 Å². The average molecular weight is 418 g/mol. The maximum absolute atomic E-state index is 12.4. The van der Waals surface area contributed by atoms with Crippen LogP contribution in [0.15, 0.2) is 36.8 Å². The predicted molar refractivity (Wildman–Crippen MR) is 110 cm³/mol. The fourth-order valence-corrected chi connectivity index (χ4v) is 4.33. The molecule has 1 aliphatic carbocycles. The van der Waals surface area contributed by atoms with Crippen LogP contribution in [-0.2, 0) is 0 Å². The van der Waals surface area contributed by atoms with Gasteiger partial charge in [-0.2, -0.15) is 10.2 Å². The SMILES string of the molecule is Nc1cnc(-n2nccn2)cc1N[C@@H]1CCC[C@H](NC(=O)c2ccc(Cl)s2)C1. The van der Waals surface area contributed by atoms with E-state index in [1.165, 1.54) is 16.1 Å². The zero-order chi connectivity index (χ0) is 19.5. The van der Waals surface area contributed by atoms with Crippen LogP contribution in [0.2, 0.25) is 4.34 Å². The summed E-state index contributed by atoms with van der Waals surface area (Å²) in [7, 11) is 0. The van der Waals surface area contributed by atoms with Gasteiger partial charge in [0, 0.05) is 18.2 Å². The van der Waals surface area contributed by atoms with E-state index in [1.54, 1.807) is 30.7 Å². The Balaban J connectivity index is 1.41. The minimum Gasteiger partial charge on any atom is -0.396 e. The van der Waals surface area contributed by atoms with Crippen LogP contribution < -0.4 is 16.4 Å². The Morgan fingerprint density at radius 1 is 1.25 bits per heavy atom. The summed E-state index contributed by atoms with van der Waals surface area (Å²) in [5.74, 6) is 0.523. The van der Waals surface area contributed by atoms with E-state index in [0.717, 1.165) is 31.4 Å². The maximum Gasteiger partial charge on any atom is 0.261 e. The predicted octanol–water partition coefficient (Wildman–Crippen LogP) is 3.11. The van der Waals surface area contributed by atoms with Crippen molar-refractivity contribution < 1.29 is 4.79 Å². The van der Waals surface area contributed by atoms with Gasteiger partial charge in [-0.1, -0.05) is 11.6 Å². The van der Waals surface area contributed by atoms with E-state index in [0.29, 0.717) is 20.7 Å². The first-order valence-corrected chi connectivity index (χ1v) is 10.2.